The summed E-state index contributed by atoms with van der Waals surface area (Å²) in [5, 5.41) is -0.184. The molecule has 1 aromatic rings. The Bertz CT molecular complexity index is 377. The van der Waals surface area contributed by atoms with Crippen molar-refractivity contribution in [2.75, 3.05) is 5.21 Å². The van der Waals surface area contributed by atoms with Crippen molar-refractivity contribution in [3.8, 4) is 0 Å². The van der Waals surface area contributed by atoms with E-state index >= 15 is 0 Å². The molecule has 6 heteroatoms. The van der Waals surface area contributed by atoms with Crippen molar-refractivity contribution in [1.29, 1.82) is 0 Å². The lowest BCUT2D eigenvalue weighted by Gasteiger charge is -1.98. The van der Waals surface area contributed by atoms with Crippen molar-refractivity contribution in [2.24, 2.45) is 0 Å². The lowest BCUT2D eigenvalue weighted by molar-refractivity contribution is 0.600. The van der Waals surface area contributed by atoms with Crippen LogP contribution < -0.4 is 0 Å². The maximum Gasteiger partial charge on any atom is 0.193 e. The lowest BCUT2D eigenvalue weighted by Crippen LogP contribution is -2.02. The van der Waals surface area contributed by atoms with E-state index < -0.39 is 15.0 Å². The largest absolute Gasteiger partial charge is 0.262 e. The van der Waals surface area contributed by atoms with E-state index in [1.165, 1.54) is 18.5 Å². The summed E-state index contributed by atoms with van der Waals surface area (Å²) >= 11 is 10.8. The monoisotopic (exact) mass is 225 g/mol. The first-order chi connectivity index (χ1) is 5.56. The lowest BCUT2D eigenvalue weighted by atomic mass is 10.5. The first-order valence-corrected chi connectivity index (χ1v) is 5.52. The highest BCUT2D eigenvalue weighted by Gasteiger charge is 2.12. The molecule has 0 bridgehead atoms. The van der Waals surface area contributed by atoms with E-state index in [2.05, 4.69) is 4.98 Å². The van der Waals surface area contributed by atoms with Crippen LogP contribution in [0, 0.1) is 0 Å². The van der Waals surface area contributed by atoms with Crippen LogP contribution in [0.5, 0.6) is 0 Å². The van der Waals surface area contributed by atoms with E-state index in [1.807, 2.05) is 0 Å². The van der Waals surface area contributed by atoms with Crippen LogP contribution in [0.1, 0.15) is 0 Å². The number of pyridine rings is 1. The normalized spacial score (nSPS) is 11.5. The standard InChI is InChI=1S/C6H5Cl2NO2S/c7-4-12(10,11)6-1-5(8)2-9-3-6/h1-3H,4H2. The third-order valence-corrected chi connectivity index (χ3v) is 3.48. The Morgan fingerprint density at radius 1 is 1.42 bits per heavy atom. The first-order valence-electron chi connectivity index (χ1n) is 2.95. The molecule has 0 radical (unpaired) electrons. The fourth-order valence-electron chi connectivity index (χ4n) is 0.625. The molecule has 1 heterocycles. The molecule has 0 unspecified atom stereocenters. The molecular weight excluding hydrogens is 221 g/mol. The zero-order valence-corrected chi connectivity index (χ0v) is 8.20. The minimum Gasteiger partial charge on any atom is -0.262 e. The Hall–Kier alpha value is -0.320. The van der Waals surface area contributed by atoms with Crippen molar-refractivity contribution in [3.05, 3.63) is 23.5 Å². The van der Waals surface area contributed by atoms with Gasteiger partial charge in [-0.3, -0.25) is 4.98 Å². The maximum atomic E-state index is 11.1. The van der Waals surface area contributed by atoms with Gasteiger partial charge in [0.05, 0.1) is 9.92 Å². The summed E-state index contributed by atoms with van der Waals surface area (Å²) in [7, 11) is -3.40. The van der Waals surface area contributed by atoms with Crippen LogP contribution in [-0.2, 0) is 9.84 Å². The molecule has 0 saturated carbocycles. The molecule has 1 aromatic heterocycles. The summed E-state index contributed by atoms with van der Waals surface area (Å²) < 4.78 is 22.2. The highest BCUT2D eigenvalue weighted by molar-refractivity contribution is 7.92. The number of sulfone groups is 1. The maximum absolute atomic E-state index is 11.1. The van der Waals surface area contributed by atoms with E-state index in [0.717, 1.165) is 0 Å². The van der Waals surface area contributed by atoms with Crippen LogP contribution in [-0.4, -0.2) is 18.6 Å². The molecule has 66 valence electrons. The Labute approximate surface area is 80.2 Å². The third-order valence-electron chi connectivity index (χ3n) is 1.18. The van der Waals surface area contributed by atoms with Gasteiger partial charge in [0.15, 0.2) is 9.84 Å². The summed E-state index contributed by atoms with van der Waals surface area (Å²) in [6.45, 7) is 0. The molecule has 0 amide bonds. The van der Waals surface area contributed by atoms with Crippen molar-refractivity contribution >= 4 is 33.0 Å². The topological polar surface area (TPSA) is 47.0 Å². The zero-order chi connectivity index (χ0) is 9.19. The summed E-state index contributed by atoms with van der Waals surface area (Å²) in [5.41, 5.74) is 0. The molecule has 0 aromatic carbocycles. The number of hydrogen-bond acceptors (Lipinski definition) is 3. The van der Waals surface area contributed by atoms with Gasteiger partial charge in [0.1, 0.15) is 5.21 Å². The minimum atomic E-state index is -3.40. The Kier molecular flexibility index (Phi) is 2.93. The molecule has 0 spiro atoms. The molecule has 12 heavy (non-hydrogen) atoms. The van der Waals surface area contributed by atoms with Crippen molar-refractivity contribution in [2.45, 2.75) is 4.90 Å². The molecule has 3 nitrogen and oxygen atoms in total. The fourth-order valence-corrected chi connectivity index (χ4v) is 1.90. The second-order valence-electron chi connectivity index (χ2n) is 2.06. The van der Waals surface area contributed by atoms with E-state index in [0.29, 0.717) is 0 Å². The molecule has 1 rings (SSSR count). The van der Waals surface area contributed by atoms with Gasteiger partial charge >= 0.3 is 0 Å². The van der Waals surface area contributed by atoms with Crippen molar-refractivity contribution < 1.29 is 8.42 Å². The van der Waals surface area contributed by atoms with Crippen molar-refractivity contribution in [1.82, 2.24) is 4.98 Å². The minimum absolute atomic E-state index is 0.0463. The van der Waals surface area contributed by atoms with Gasteiger partial charge in [0, 0.05) is 12.4 Å². The van der Waals surface area contributed by atoms with Crippen LogP contribution >= 0.6 is 23.2 Å². The van der Waals surface area contributed by atoms with Crippen molar-refractivity contribution in [3.63, 3.8) is 0 Å². The summed E-state index contributed by atoms with van der Waals surface area (Å²) in [4.78, 5) is 3.67. The second-order valence-corrected chi connectivity index (χ2v) is 5.07. The van der Waals surface area contributed by atoms with Crippen LogP contribution in [0.15, 0.2) is 23.4 Å². The van der Waals surface area contributed by atoms with Crippen LogP contribution in [0.25, 0.3) is 0 Å². The van der Waals surface area contributed by atoms with Gasteiger partial charge in [0.25, 0.3) is 0 Å². The van der Waals surface area contributed by atoms with Gasteiger partial charge in [-0.15, -0.1) is 11.6 Å². The van der Waals surface area contributed by atoms with Crippen LogP contribution in [0.3, 0.4) is 0 Å². The number of rotatable bonds is 2. The second kappa shape index (κ2) is 3.60. The summed E-state index contributed by atoms with van der Waals surface area (Å²) in [6, 6.07) is 1.31. The SMILES string of the molecule is O=S(=O)(CCl)c1cncc(Cl)c1. The molecule has 0 saturated heterocycles. The number of alkyl halides is 1. The predicted molar refractivity (Wildman–Crippen MR) is 47.2 cm³/mol. The quantitative estimate of drug-likeness (QED) is 0.721. The molecular formula is C6H5Cl2NO2S. The van der Waals surface area contributed by atoms with Gasteiger partial charge in [0.2, 0.25) is 0 Å². The number of halogens is 2. The molecule has 0 fully saturated rings. The van der Waals surface area contributed by atoms with Crippen LogP contribution in [0.4, 0.5) is 0 Å². The third kappa shape index (κ3) is 2.09. The van der Waals surface area contributed by atoms with E-state index in [4.69, 9.17) is 23.2 Å². The number of hydrogen-bond donors (Lipinski definition) is 0. The molecule has 0 atom stereocenters. The van der Waals surface area contributed by atoms with Gasteiger partial charge in [-0.05, 0) is 6.07 Å². The van der Waals surface area contributed by atoms with E-state index in [9.17, 15) is 8.42 Å². The smallest absolute Gasteiger partial charge is 0.193 e. The highest BCUT2D eigenvalue weighted by atomic mass is 35.5. The first kappa shape index (κ1) is 9.77. The van der Waals surface area contributed by atoms with Gasteiger partial charge < -0.3 is 0 Å². The molecule has 0 aliphatic carbocycles. The number of nitrogens with zero attached hydrogens (tertiary/aromatic N) is 1. The molecule has 0 N–H and O–H groups in total. The highest BCUT2D eigenvalue weighted by Crippen LogP contribution is 2.15. The molecule has 0 aliphatic rings. The fraction of sp³-hybridized carbons (Fsp3) is 0.167. The number of aromatic nitrogens is 1. The van der Waals surface area contributed by atoms with Crippen LogP contribution in [0.2, 0.25) is 5.02 Å². The zero-order valence-electron chi connectivity index (χ0n) is 5.87. The predicted octanol–water partition coefficient (Wildman–Crippen LogP) is 1.71. The van der Waals surface area contributed by atoms with E-state index in [1.54, 1.807) is 0 Å². The Balaban J connectivity index is 3.21. The van der Waals surface area contributed by atoms with Gasteiger partial charge in [-0.2, -0.15) is 0 Å². The van der Waals surface area contributed by atoms with Gasteiger partial charge in [-0.25, -0.2) is 8.42 Å². The summed E-state index contributed by atoms with van der Waals surface area (Å²) in [5.74, 6) is 0. The Morgan fingerprint density at radius 2 is 2.08 bits per heavy atom. The van der Waals surface area contributed by atoms with Gasteiger partial charge in [-0.1, -0.05) is 11.6 Å². The summed E-state index contributed by atoms with van der Waals surface area (Å²) in [6.07, 6.45) is 2.57. The molecule has 0 aliphatic heterocycles. The van der Waals surface area contributed by atoms with E-state index in [-0.39, 0.29) is 9.92 Å². The average molecular weight is 226 g/mol. The Morgan fingerprint density at radius 3 is 2.58 bits per heavy atom. The average Bonchev–Trinajstić information content (AvgIpc) is 2.05.